The minimum absolute atomic E-state index is 0.185. The highest BCUT2D eigenvalue weighted by Gasteiger charge is 2.25. The van der Waals surface area contributed by atoms with Crippen LogP contribution in [0, 0.1) is 5.92 Å². The molecule has 0 bridgehead atoms. The van der Waals surface area contributed by atoms with E-state index >= 15 is 0 Å². The standard InChI is InChI=1S/C26H32N2O/c1-3-21-10-7-11-23-24(18-27-26(21)23)22(16-20-8-5-4-6-9-20)17-25(29)28-14-12-19(2)13-15-28/h4-11,18-19,22,27H,3,12-17H2,1-2H3. The molecule has 0 spiro atoms. The van der Waals surface area contributed by atoms with E-state index in [-0.39, 0.29) is 5.92 Å². The van der Waals surface area contributed by atoms with Crippen molar-refractivity contribution in [1.82, 2.24) is 9.88 Å². The minimum atomic E-state index is 0.185. The second-order valence-corrected chi connectivity index (χ2v) is 8.59. The Morgan fingerprint density at radius 1 is 1.10 bits per heavy atom. The highest BCUT2D eigenvalue weighted by atomic mass is 16.2. The van der Waals surface area contributed by atoms with Crippen molar-refractivity contribution >= 4 is 16.8 Å². The number of nitrogens with one attached hydrogen (secondary N) is 1. The second kappa shape index (κ2) is 8.86. The van der Waals surface area contributed by atoms with Crippen molar-refractivity contribution in [2.45, 2.75) is 51.9 Å². The van der Waals surface area contributed by atoms with Crippen LogP contribution in [-0.4, -0.2) is 28.9 Å². The molecule has 1 fully saturated rings. The topological polar surface area (TPSA) is 36.1 Å². The van der Waals surface area contributed by atoms with Crippen LogP contribution in [0.25, 0.3) is 10.9 Å². The van der Waals surface area contributed by atoms with E-state index in [0.29, 0.717) is 12.3 Å². The van der Waals surface area contributed by atoms with Gasteiger partial charge in [-0.2, -0.15) is 0 Å². The summed E-state index contributed by atoms with van der Waals surface area (Å²) in [6, 6.07) is 17.1. The summed E-state index contributed by atoms with van der Waals surface area (Å²) in [4.78, 5) is 18.8. The van der Waals surface area contributed by atoms with Gasteiger partial charge in [0.2, 0.25) is 5.91 Å². The highest BCUT2D eigenvalue weighted by molar-refractivity contribution is 5.87. The zero-order chi connectivity index (χ0) is 20.2. The molecule has 3 heteroatoms. The van der Waals surface area contributed by atoms with E-state index < -0.39 is 0 Å². The van der Waals surface area contributed by atoms with E-state index in [1.807, 2.05) is 0 Å². The number of rotatable bonds is 6. The van der Waals surface area contributed by atoms with Crippen LogP contribution in [0.15, 0.2) is 54.7 Å². The Morgan fingerprint density at radius 3 is 2.59 bits per heavy atom. The number of aryl methyl sites for hydroxylation is 1. The number of fused-ring (bicyclic) bond motifs is 1. The van der Waals surface area contributed by atoms with E-state index in [0.717, 1.165) is 44.7 Å². The third kappa shape index (κ3) is 4.39. The second-order valence-electron chi connectivity index (χ2n) is 8.59. The molecule has 1 N–H and O–H groups in total. The average Bonchev–Trinajstić information content (AvgIpc) is 3.18. The van der Waals surface area contributed by atoms with Crippen LogP contribution in [0.2, 0.25) is 0 Å². The normalized spacial score (nSPS) is 16.3. The maximum absolute atomic E-state index is 13.2. The summed E-state index contributed by atoms with van der Waals surface area (Å²) in [5.41, 5.74) is 5.13. The molecule has 4 rings (SSSR count). The number of aromatic nitrogens is 1. The number of nitrogens with zero attached hydrogens (tertiary/aromatic N) is 1. The molecule has 1 atom stereocenters. The van der Waals surface area contributed by atoms with Crippen molar-refractivity contribution in [1.29, 1.82) is 0 Å². The van der Waals surface area contributed by atoms with Crippen LogP contribution in [0.4, 0.5) is 0 Å². The van der Waals surface area contributed by atoms with Crippen LogP contribution in [0.1, 0.15) is 55.7 Å². The number of aromatic amines is 1. The van der Waals surface area contributed by atoms with Gasteiger partial charge in [0.25, 0.3) is 0 Å². The molecule has 1 saturated heterocycles. The molecule has 3 nitrogen and oxygen atoms in total. The summed E-state index contributed by atoms with van der Waals surface area (Å²) in [5, 5.41) is 1.27. The predicted octanol–water partition coefficient (Wildman–Crippen LogP) is 5.71. The Kier molecular flexibility index (Phi) is 6.03. The number of benzene rings is 2. The minimum Gasteiger partial charge on any atom is -0.361 e. The molecule has 152 valence electrons. The van der Waals surface area contributed by atoms with Crippen molar-refractivity contribution < 1.29 is 4.79 Å². The summed E-state index contributed by atoms with van der Waals surface area (Å²) < 4.78 is 0. The summed E-state index contributed by atoms with van der Waals surface area (Å²) >= 11 is 0. The molecular formula is C26H32N2O. The Bertz CT molecular complexity index is 951. The number of carbonyl (C=O) groups is 1. The molecule has 1 unspecified atom stereocenters. The molecule has 0 radical (unpaired) electrons. The molecule has 29 heavy (non-hydrogen) atoms. The summed E-state index contributed by atoms with van der Waals surface area (Å²) in [5.74, 6) is 1.23. The molecule has 0 saturated carbocycles. The van der Waals surface area contributed by atoms with Gasteiger partial charge < -0.3 is 9.88 Å². The molecule has 1 aliphatic heterocycles. The van der Waals surface area contributed by atoms with Crippen LogP contribution < -0.4 is 0 Å². The average molecular weight is 389 g/mol. The van der Waals surface area contributed by atoms with Crippen LogP contribution in [0.5, 0.6) is 0 Å². The lowest BCUT2D eigenvalue weighted by molar-refractivity contribution is -0.132. The number of hydrogen-bond donors (Lipinski definition) is 1. The summed E-state index contributed by atoms with van der Waals surface area (Å²) in [6.45, 7) is 6.30. The van der Waals surface area contributed by atoms with E-state index in [2.05, 4.69) is 78.5 Å². The first kappa shape index (κ1) is 19.8. The van der Waals surface area contributed by atoms with E-state index in [4.69, 9.17) is 0 Å². The largest absolute Gasteiger partial charge is 0.361 e. The lowest BCUT2D eigenvalue weighted by atomic mass is 9.87. The zero-order valence-electron chi connectivity index (χ0n) is 17.7. The molecule has 1 amide bonds. The number of piperidine rings is 1. The van der Waals surface area contributed by atoms with Gasteiger partial charge in [-0.05, 0) is 54.2 Å². The maximum Gasteiger partial charge on any atom is 0.223 e. The molecule has 2 aromatic carbocycles. The van der Waals surface area contributed by atoms with Gasteiger partial charge >= 0.3 is 0 Å². The monoisotopic (exact) mass is 388 g/mol. The highest BCUT2D eigenvalue weighted by Crippen LogP contribution is 2.33. The number of carbonyl (C=O) groups excluding carboxylic acids is 1. The van der Waals surface area contributed by atoms with Crippen LogP contribution >= 0.6 is 0 Å². The van der Waals surface area contributed by atoms with E-state index in [1.54, 1.807) is 0 Å². The van der Waals surface area contributed by atoms with Gasteiger partial charge in [-0.15, -0.1) is 0 Å². The van der Waals surface area contributed by atoms with Crippen LogP contribution in [0.3, 0.4) is 0 Å². The fourth-order valence-electron chi connectivity index (χ4n) is 4.66. The van der Waals surface area contributed by atoms with Gasteiger partial charge in [0.15, 0.2) is 0 Å². The fraction of sp³-hybridized carbons (Fsp3) is 0.423. The fourth-order valence-corrected chi connectivity index (χ4v) is 4.66. The Balaban J connectivity index is 1.63. The first-order chi connectivity index (χ1) is 14.2. The SMILES string of the molecule is CCc1cccc2c(C(CC(=O)N3CCC(C)CC3)Cc3ccccc3)c[nH]c12. The number of para-hydroxylation sites is 1. The van der Waals surface area contributed by atoms with Crippen molar-refractivity contribution in [3.8, 4) is 0 Å². The Labute approximate surface area is 174 Å². The van der Waals surface area contributed by atoms with Gasteiger partial charge in [0.05, 0.1) is 0 Å². The molecule has 3 aromatic rings. The first-order valence-corrected chi connectivity index (χ1v) is 11.1. The first-order valence-electron chi connectivity index (χ1n) is 11.1. The van der Waals surface area contributed by atoms with Crippen molar-refractivity contribution in [2.24, 2.45) is 5.92 Å². The van der Waals surface area contributed by atoms with Gasteiger partial charge in [0, 0.05) is 36.6 Å². The summed E-state index contributed by atoms with van der Waals surface area (Å²) in [6.07, 6.45) is 6.87. The molecule has 1 aliphatic rings. The van der Waals surface area contributed by atoms with Gasteiger partial charge in [-0.3, -0.25) is 4.79 Å². The summed E-state index contributed by atoms with van der Waals surface area (Å²) in [7, 11) is 0. The zero-order valence-corrected chi connectivity index (χ0v) is 17.7. The Morgan fingerprint density at radius 2 is 1.86 bits per heavy atom. The smallest absolute Gasteiger partial charge is 0.223 e. The number of H-pyrrole nitrogens is 1. The van der Waals surface area contributed by atoms with Crippen molar-refractivity contribution in [3.05, 3.63) is 71.4 Å². The van der Waals surface area contributed by atoms with E-state index in [1.165, 1.54) is 27.6 Å². The quantitative estimate of drug-likeness (QED) is 0.577. The number of likely N-dealkylation sites (tertiary alicyclic amines) is 1. The molecule has 1 aromatic heterocycles. The molecule has 2 heterocycles. The predicted molar refractivity (Wildman–Crippen MR) is 120 cm³/mol. The molecule has 0 aliphatic carbocycles. The van der Waals surface area contributed by atoms with Crippen molar-refractivity contribution in [3.63, 3.8) is 0 Å². The number of hydrogen-bond acceptors (Lipinski definition) is 1. The van der Waals surface area contributed by atoms with Crippen LogP contribution in [-0.2, 0) is 17.6 Å². The van der Waals surface area contributed by atoms with Gasteiger partial charge in [-0.1, -0.05) is 62.4 Å². The number of amides is 1. The lowest BCUT2D eigenvalue weighted by Crippen LogP contribution is -2.38. The molecular weight excluding hydrogens is 356 g/mol. The van der Waals surface area contributed by atoms with E-state index in [9.17, 15) is 4.79 Å². The third-order valence-corrected chi connectivity index (χ3v) is 6.54. The third-order valence-electron chi connectivity index (χ3n) is 6.54. The van der Waals surface area contributed by atoms with Gasteiger partial charge in [0.1, 0.15) is 0 Å². The van der Waals surface area contributed by atoms with Crippen molar-refractivity contribution in [2.75, 3.05) is 13.1 Å². The Hall–Kier alpha value is -2.55. The maximum atomic E-state index is 13.2. The lowest BCUT2D eigenvalue weighted by Gasteiger charge is -2.31. The van der Waals surface area contributed by atoms with Gasteiger partial charge in [-0.25, -0.2) is 0 Å².